The van der Waals surface area contributed by atoms with Crippen LogP contribution in [0.1, 0.15) is 12.8 Å². The highest BCUT2D eigenvalue weighted by atomic mass is 32.2. The Balaban J connectivity index is 1.67. The first-order valence-electron chi connectivity index (χ1n) is 10.6. The number of aliphatic hydroxyl groups excluding tert-OH is 1. The van der Waals surface area contributed by atoms with Crippen LogP contribution < -0.4 is 25.8 Å². The molecule has 14 nitrogen and oxygen atoms in total. The maximum absolute atomic E-state index is 12.7. The molecule has 186 valence electrons. The van der Waals surface area contributed by atoms with Gasteiger partial charge in [0, 0.05) is 48.7 Å². The summed E-state index contributed by atoms with van der Waals surface area (Å²) in [4.78, 5) is 13.6. The summed E-state index contributed by atoms with van der Waals surface area (Å²) in [6, 6.07) is 3.44. The second-order valence-electron chi connectivity index (χ2n) is 8.32. The number of hydrogen-bond donors (Lipinski definition) is 6. The average molecular weight is 514 g/mol. The molecule has 1 atom stereocenters. The smallest absolute Gasteiger partial charge is 0.407 e. The third-order valence-electron chi connectivity index (χ3n) is 6.01. The number of aromatic amines is 1. The van der Waals surface area contributed by atoms with E-state index in [2.05, 4.69) is 30.7 Å². The van der Waals surface area contributed by atoms with Gasteiger partial charge < -0.3 is 25.8 Å². The molecule has 4 rings (SSSR count). The minimum Gasteiger partial charge on any atom is -0.449 e. The first kappa shape index (κ1) is 24.6. The Bertz CT molecular complexity index is 1110. The number of sulfonamides is 1. The molecule has 1 amide bonds. The summed E-state index contributed by atoms with van der Waals surface area (Å²) in [6.07, 6.45) is 0.277. The van der Waals surface area contributed by atoms with Crippen molar-refractivity contribution in [2.24, 2.45) is 16.3 Å². The van der Waals surface area contributed by atoms with E-state index in [0.29, 0.717) is 36.8 Å². The molecular weight excluding hydrogens is 486 g/mol. The van der Waals surface area contributed by atoms with E-state index in [1.807, 2.05) is 4.90 Å². The van der Waals surface area contributed by atoms with Crippen LogP contribution in [0.15, 0.2) is 21.9 Å². The molecule has 2 fully saturated rings. The van der Waals surface area contributed by atoms with Gasteiger partial charge in [0.25, 0.3) is 0 Å². The van der Waals surface area contributed by atoms with Crippen molar-refractivity contribution in [2.45, 2.75) is 28.7 Å². The van der Waals surface area contributed by atoms with Crippen molar-refractivity contribution in [3.63, 3.8) is 0 Å². The maximum atomic E-state index is 12.7. The van der Waals surface area contributed by atoms with Crippen LogP contribution in [-0.4, -0.2) is 85.7 Å². The summed E-state index contributed by atoms with van der Waals surface area (Å²) in [6.45, 7) is 2.30. The monoisotopic (exact) mass is 513 g/mol. The number of anilines is 1. The Morgan fingerprint density at radius 1 is 1.35 bits per heavy atom. The second kappa shape index (κ2) is 10.0. The number of carbonyl (C=O) groups excluding carboxylic acids is 1. The third-order valence-corrected chi connectivity index (χ3v) is 8.00. The molecule has 1 spiro atoms. The zero-order valence-electron chi connectivity index (χ0n) is 18.2. The van der Waals surface area contributed by atoms with Gasteiger partial charge >= 0.3 is 6.09 Å². The van der Waals surface area contributed by atoms with Gasteiger partial charge in [0.15, 0.2) is 0 Å². The van der Waals surface area contributed by atoms with Gasteiger partial charge in [-0.1, -0.05) is 0 Å². The zero-order valence-corrected chi connectivity index (χ0v) is 19.9. The second-order valence-corrected chi connectivity index (χ2v) is 10.8. The third kappa shape index (κ3) is 5.26. The molecule has 2 saturated heterocycles. The Morgan fingerprint density at radius 3 is 2.71 bits per heavy atom. The molecule has 0 bridgehead atoms. The summed E-state index contributed by atoms with van der Waals surface area (Å²) in [5, 5.41) is 32.1. The molecule has 1 aromatic heterocycles. The van der Waals surface area contributed by atoms with Gasteiger partial charge in [-0.2, -0.15) is 5.21 Å². The lowest BCUT2D eigenvalue weighted by Gasteiger charge is -2.44. The summed E-state index contributed by atoms with van der Waals surface area (Å²) in [5.41, 5.74) is 6.11. The quantitative estimate of drug-likeness (QED) is 0.229. The van der Waals surface area contributed by atoms with Gasteiger partial charge in [-0.3, -0.25) is 4.72 Å². The van der Waals surface area contributed by atoms with Gasteiger partial charge in [-0.15, -0.1) is 10.2 Å². The number of ether oxygens (including phenoxy) is 1. The van der Waals surface area contributed by atoms with E-state index < -0.39 is 22.2 Å². The van der Waals surface area contributed by atoms with Crippen molar-refractivity contribution >= 4 is 33.8 Å². The van der Waals surface area contributed by atoms with Gasteiger partial charge in [0.2, 0.25) is 15.8 Å². The van der Waals surface area contributed by atoms with Crippen molar-refractivity contribution in [3.8, 4) is 11.4 Å². The standard InChI is InChI=1S/C18H27N9O5S2/c19-7-11(28)8-22-33-13-2-1-12(14(15(13)34(20,30)31)16-23-25-26-24-16)27-5-3-18(4-6-27)9-21-17(29)32-10-18/h1-2,11,22,28H,3-10,19H2,(H,21,29)(H2,20,30,31)(H,23,24,25,26)/t11-/m1/s1. The number of benzene rings is 1. The van der Waals surface area contributed by atoms with Crippen LogP contribution in [0.3, 0.4) is 0 Å². The van der Waals surface area contributed by atoms with Gasteiger partial charge in [0.05, 0.1) is 11.7 Å². The molecule has 8 N–H and O–H groups in total. The number of alkyl carbamates (subject to hydrolysis) is 1. The molecule has 0 saturated carbocycles. The van der Waals surface area contributed by atoms with Crippen molar-refractivity contribution in [1.29, 1.82) is 0 Å². The van der Waals surface area contributed by atoms with E-state index in [1.165, 1.54) is 0 Å². The molecule has 2 aromatic rings. The Hall–Kier alpha value is -2.50. The SMILES string of the molecule is NC[C@@H](O)CNSc1ccc(N2CCC3(CC2)CNC(=O)OC3)c(-c2nn[nH]n2)c1S(N)(=O)=O. The number of hydrogen-bond acceptors (Lipinski definition) is 12. The fraction of sp³-hybridized carbons (Fsp3) is 0.556. The Morgan fingerprint density at radius 2 is 2.12 bits per heavy atom. The lowest BCUT2D eigenvalue weighted by Crippen LogP contribution is -2.53. The lowest BCUT2D eigenvalue weighted by molar-refractivity contribution is 0.0352. The number of nitrogens with two attached hydrogens (primary N) is 2. The maximum Gasteiger partial charge on any atom is 0.407 e. The number of rotatable bonds is 8. The van der Waals surface area contributed by atoms with Crippen molar-refractivity contribution in [1.82, 2.24) is 30.7 Å². The molecule has 2 aliphatic rings. The van der Waals surface area contributed by atoms with Gasteiger partial charge in [0.1, 0.15) is 11.5 Å². The highest BCUT2D eigenvalue weighted by Gasteiger charge is 2.40. The number of piperidine rings is 1. The van der Waals surface area contributed by atoms with E-state index in [1.54, 1.807) is 12.1 Å². The number of amides is 1. The van der Waals surface area contributed by atoms with Crippen molar-refractivity contribution in [3.05, 3.63) is 12.1 Å². The van der Waals surface area contributed by atoms with Crippen LogP contribution in [0.5, 0.6) is 0 Å². The number of aromatic nitrogens is 4. The normalized spacial score (nSPS) is 19.0. The van der Waals surface area contributed by atoms with Gasteiger partial charge in [-0.05, 0) is 42.1 Å². The van der Waals surface area contributed by atoms with Crippen molar-refractivity contribution < 1.29 is 23.1 Å². The van der Waals surface area contributed by atoms with Crippen molar-refractivity contribution in [2.75, 3.05) is 44.2 Å². The number of aliphatic hydroxyl groups is 1. The van der Waals surface area contributed by atoms with Crippen LogP contribution in [-0.2, 0) is 14.8 Å². The van der Waals surface area contributed by atoms with Crippen LogP contribution in [0.2, 0.25) is 0 Å². The van der Waals surface area contributed by atoms with Crippen LogP contribution in [0.4, 0.5) is 10.5 Å². The Kier molecular flexibility index (Phi) is 7.25. The topological polar surface area (TPSA) is 214 Å². The summed E-state index contributed by atoms with van der Waals surface area (Å²) < 4.78 is 33.6. The minimum atomic E-state index is -4.20. The molecule has 0 aliphatic carbocycles. The average Bonchev–Trinajstić information content (AvgIpc) is 3.35. The molecule has 2 aliphatic heterocycles. The predicted octanol–water partition coefficient (Wildman–Crippen LogP) is -1.24. The largest absolute Gasteiger partial charge is 0.449 e. The highest BCUT2D eigenvalue weighted by Crippen LogP contribution is 2.42. The molecule has 34 heavy (non-hydrogen) atoms. The van der Waals surface area contributed by atoms with Crippen LogP contribution in [0.25, 0.3) is 11.4 Å². The van der Waals surface area contributed by atoms with E-state index >= 15 is 0 Å². The number of H-pyrrole nitrogens is 1. The summed E-state index contributed by atoms with van der Waals surface area (Å²) in [5.74, 6) is 0.0945. The highest BCUT2D eigenvalue weighted by molar-refractivity contribution is 7.98. The minimum absolute atomic E-state index is 0.0633. The summed E-state index contributed by atoms with van der Waals surface area (Å²) in [7, 11) is -4.20. The fourth-order valence-corrected chi connectivity index (χ4v) is 6.15. The van der Waals surface area contributed by atoms with E-state index in [-0.39, 0.29) is 34.8 Å². The van der Waals surface area contributed by atoms with Crippen LogP contribution >= 0.6 is 11.9 Å². The predicted molar refractivity (Wildman–Crippen MR) is 123 cm³/mol. The Labute approximate surface area is 200 Å². The van der Waals surface area contributed by atoms with E-state index in [9.17, 15) is 18.3 Å². The van der Waals surface area contributed by atoms with Gasteiger partial charge in [-0.25, -0.2) is 18.4 Å². The van der Waals surface area contributed by atoms with E-state index in [4.69, 9.17) is 15.6 Å². The number of primary sulfonamides is 1. The lowest BCUT2D eigenvalue weighted by atomic mass is 9.78. The molecule has 0 unspecified atom stereocenters. The number of cyclic esters (lactones) is 1. The number of carbonyl (C=O) groups is 1. The van der Waals surface area contributed by atoms with Crippen LogP contribution in [0, 0.1) is 5.41 Å². The molecule has 3 heterocycles. The molecule has 1 aromatic carbocycles. The number of nitrogens with zero attached hydrogens (tertiary/aromatic N) is 4. The molecular formula is C18H27N9O5S2. The fourth-order valence-electron chi connectivity index (χ4n) is 4.09. The summed E-state index contributed by atoms with van der Waals surface area (Å²) >= 11 is 1.02. The molecule has 16 heteroatoms. The zero-order chi connectivity index (χ0) is 24.3. The number of nitrogens with one attached hydrogen (secondary N) is 3. The first-order valence-corrected chi connectivity index (χ1v) is 13.0. The first-order chi connectivity index (χ1) is 16.2. The van der Waals surface area contributed by atoms with E-state index in [0.717, 1.165) is 24.8 Å². The number of tetrazole rings is 1. The molecule has 0 radical (unpaired) electrons.